The second-order valence-corrected chi connectivity index (χ2v) is 10.1. The molecule has 0 unspecified atom stereocenters. The van der Waals surface area contributed by atoms with Crippen molar-refractivity contribution in [1.82, 2.24) is 20.3 Å². The van der Waals surface area contributed by atoms with Crippen LogP contribution in [0.4, 0.5) is 5.82 Å². The highest BCUT2D eigenvalue weighted by molar-refractivity contribution is 8.00. The van der Waals surface area contributed by atoms with E-state index in [0.29, 0.717) is 46.6 Å². The van der Waals surface area contributed by atoms with Crippen molar-refractivity contribution >= 4 is 34.5 Å². The molecule has 4 N–H and O–H groups in total. The van der Waals surface area contributed by atoms with Crippen molar-refractivity contribution in [3.63, 3.8) is 0 Å². The number of fused-ring (bicyclic) bond motifs is 2. The number of aliphatic hydroxyl groups is 2. The van der Waals surface area contributed by atoms with Crippen LogP contribution >= 0.6 is 11.8 Å². The van der Waals surface area contributed by atoms with Gasteiger partial charge in [-0.1, -0.05) is 0 Å². The van der Waals surface area contributed by atoms with E-state index >= 15 is 0 Å². The number of hydrogen-bond acceptors (Lipinski definition) is 9. The summed E-state index contributed by atoms with van der Waals surface area (Å²) in [4.78, 5) is 25.9. The lowest BCUT2D eigenvalue weighted by atomic mass is 9.80. The average Bonchev–Trinajstić information content (AvgIpc) is 2.90. The van der Waals surface area contributed by atoms with Crippen molar-refractivity contribution in [2.24, 2.45) is 5.92 Å². The molecule has 4 heterocycles. The molecule has 184 valence electrons. The zero-order chi connectivity index (χ0) is 24.4. The van der Waals surface area contributed by atoms with Crippen LogP contribution in [-0.2, 0) is 11.3 Å². The van der Waals surface area contributed by atoms with E-state index in [1.165, 1.54) is 11.8 Å². The first-order valence-electron chi connectivity index (χ1n) is 11.8. The van der Waals surface area contributed by atoms with Crippen LogP contribution in [0.25, 0.3) is 11.0 Å². The largest absolute Gasteiger partial charge is 0.481 e. The molecular weight excluding hydrogens is 466 g/mol. The van der Waals surface area contributed by atoms with Gasteiger partial charge >= 0.3 is 0 Å². The lowest BCUT2D eigenvalue weighted by molar-refractivity contribution is -0.113. The summed E-state index contributed by atoms with van der Waals surface area (Å²) in [6, 6.07) is 9.54. The highest BCUT2D eigenvalue weighted by atomic mass is 32.2. The van der Waals surface area contributed by atoms with Gasteiger partial charge in [-0.25, -0.2) is 9.97 Å². The molecule has 0 radical (unpaired) electrons. The van der Waals surface area contributed by atoms with E-state index in [4.69, 9.17) is 4.74 Å². The smallest absolute Gasteiger partial charge is 0.235 e. The molecule has 2 aliphatic rings. The molecule has 9 nitrogen and oxygen atoms in total. The summed E-state index contributed by atoms with van der Waals surface area (Å²) in [6.45, 7) is 0.616. The topological polar surface area (TPSA) is 129 Å². The van der Waals surface area contributed by atoms with Crippen molar-refractivity contribution in [2.75, 3.05) is 18.2 Å². The van der Waals surface area contributed by atoms with Crippen molar-refractivity contribution in [3.05, 3.63) is 47.8 Å². The van der Waals surface area contributed by atoms with E-state index in [1.807, 2.05) is 12.1 Å². The van der Waals surface area contributed by atoms with E-state index in [9.17, 15) is 15.0 Å². The van der Waals surface area contributed by atoms with Gasteiger partial charge in [0.2, 0.25) is 11.8 Å². The third-order valence-corrected chi connectivity index (χ3v) is 7.85. The number of aromatic nitrogens is 3. The number of amides is 1. The van der Waals surface area contributed by atoms with Crippen LogP contribution in [0, 0.1) is 5.92 Å². The molecule has 0 bridgehead atoms. The number of rotatable bonds is 7. The number of nitrogens with one attached hydrogen (secondary N) is 2. The zero-order valence-corrected chi connectivity index (χ0v) is 20.3. The first kappa shape index (κ1) is 23.9. The minimum Gasteiger partial charge on any atom is -0.481 e. The first-order chi connectivity index (χ1) is 17.0. The molecule has 5 rings (SSSR count). The number of ether oxygens (including phenoxy) is 1. The van der Waals surface area contributed by atoms with E-state index in [0.717, 1.165) is 36.3 Å². The van der Waals surface area contributed by atoms with E-state index in [-0.39, 0.29) is 11.8 Å². The molecular formula is C25H29N5O4S. The minimum atomic E-state index is -1.05. The van der Waals surface area contributed by atoms with Crippen LogP contribution < -0.4 is 15.4 Å². The summed E-state index contributed by atoms with van der Waals surface area (Å²) >= 11 is 1.50. The number of aliphatic hydroxyl groups excluding tert-OH is 2. The first-order valence-corrected chi connectivity index (χ1v) is 12.8. The van der Waals surface area contributed by atoms with Gasteiger partial charge in [-0.15, -0.1) is 11.8 Å². The summed E-state index contributed by atoms with van der Waals surface area (Å²) in [7, 11) is 1.54. The van der Waals surface area contributed by atoms with Gasteiger partial charge in [-0.05, 0) is 55.9 Å². The van der Waals surface area contributed by atoms with Crippen LogP contribution in [0.5, 0.6) is 5.88 Å². The molecule has 2 atom stereocenters. The third-order valence-electron chi connectivity index (χ3n) is 6.80. The van der Waals surface area contributed by atoms with Gasteiger partial charge in [0.1, 0.15) is 11.9 Å². The second-order valence-electron chi connectivity index (χ2n) is 9.04. The van der Waals surface area contributed by atoms with Crippen LogP contribution in [0.1, 0.15) is 43.0 Å². The lowest BCUT2D eigenvalue weighted by Crippen LogP contribution is -2.37. The van der Waals surface area contributed by atoms with Crippen LogP contribution in [0.3, 0.4) is 0 Å². The van der Waals surface area contributed by atoms with Gasteiger partial charge in [-0.2, -0.15) is 0 Å². The van der Waals surface area contributed by atoms with Crippen molar-refractivity contribution < 1.29 is 19.7 Å². The van der Waals surface area contributed by atoms with Crippen molar-refractivity contribution in [2.45, 2.75) is 55.4 Å². The summed E-state index contributed by atoms with van der Waals surface area (Å²) in [5.74, 6) is 1.48. The maximum Gasteiger partial charge on any atom is 0.235 e. The standard InChI is InChI=1S/C25H29N5O4S/c1-34-21-9-7-18-22(30-21)17(10-11-26-18)24(33)23(32)14-2-4-15(5-3-14)27-12-16-6-8-19-25(28-16)29-20(31)13-35-19/h6-11,14-15,23-24,27,32-33H,2-5,12-13H2,1H3,(H,28,29,31)/t14-,15-,23-,24-/m1/s1. The molecule has 3 aromatic heterocycles. The molecule has 1 aliphatic heterocycles. The molecule has 1 aliphatic carbocycles. The SMILES string of the molecule is COc1ccc2nccc([C@@H](O)[C@H](O)[C@H]3CC[C@H](NCc4ccc5c(n4)NC(=O)CS5)CC3)c2n1. The Kier molecular flexibility index (Phi) is 7.14. The molecule has 10 heteroatoms. The lowest BCUT2D eigenvalue weighted by Gasteiger charge is -2.34. The number of anilines is 1. The molecule has 0 spiro atoms. The summed E-state index contributed by atoms with van der Waals surface area (Å²) < 4.78 is 5.22. The average molecular weight is 496 g/mol. The Morgan fingerprint density at radius 3 is 2.77 bits per heavy atom. The Hall–Kier alpha value is -2.79. The fourth-order valence-electron chi connectivity index (χ4n) is 4.84. The van der Waals surface area contributed by atoms with E-state index in [1.54, 1.807) is 31.5 Å². The third kappa shape index (κ3) is 5.25. The predicted octanol–water partition coefficient (Wildman–Crippen LogP) is 2.82. The molecule has 1 fully saturated rings. The Morgan fingerprint density at radius 1 is 1.14 bits per heavy atom. The fourth-order valence-corrected chi connectivity index (χ4v) is 5.59. The summed E-state index contributed by atoms with van der Waals surface area (Å²) in [5, 5.41) is 28.4. The molecule has 3 aromatic rings. The summed E-state index contributed by atoms with van der Waals surface area (Å²) in [6.07, 6.45) is 3.09. The summed E-state index contributed by atoms with van der Waals surface area (Å²) in [5.41, 5.74) is 2.64. The van der Waals surface area contributed by atoms with Crippen LogP contribution in [0.15, 0.2) is 41.4 Å². The number of nitrogens with zero attached hydrogens (tertiary/aromatic N) is 3. The number of thioether (sulfide) groups is 1. The highest BCUT2D eigenvalue weighted by Crippen LogP contribution is 2.35. The van der Waals surface area contributed by atoms with Gasteiger partial charge in [-0.3, -0.25) is 9.78 Å². The maximum absolute atomic E-state index is 11.6. The Bertz CT molecular complexity index is 1220. The molecule has 35 heavy (non-hydrogen) atoms. The number of carbonyl (C=O) groups is 1. The Labute approximate surface area is 207 Å². The Morgan fingerprint density at radius 2 is 1.97 bits per heavy atom. The fraction of sp³-hybridized carbons (Fsp3) is 0.440. The van der Waals surface area contributed by atoms with Gasteiger partial charge in [0, 0.05) is 30.4 Å². The van der Waals surface area contributed by atoms with Gasteiger partial charge in [0.15, 0.2) is 0 Å². The second kappa shape index (κ2) is 10.4. The van der Waals surface area contributed by atoms with E-state index in [2.05, 4.69) is 25.6 Å². The maximum atomic E-state index is 11.6. The molecule has 0 saturated heterocycles. The Balaban J connectivity index is 1.17. The molecule has 1 saturated carbocycles. The van der Waals surface area contributed by atoms with Gasteiger partial charge in [0.05, 0.1) is 40.6 Å². The normalized spacial score (nSPS) is 21.7. The number of hydrogen-bond donors (Lipinski definition) is 4. The van der Waals surface area contributed by atoms with Gasteiger partial charge in [0.25, 0.3) is 0 Å². The van der Waals surface area contributed by atoms with Crippen LogP contribution in [-0.4, -0.2) is 56.1 Å². The number of methoxy groups -OCH3 is 1. The molecule has 1 amide bonds. The van der Waals surface area contributed by atoms with Gasteiger partial charge < -0.3 is 25.6 Å². The monoisotopic (exact) mass is 495 g/mol. The minimum absolute atomic E-state index is 0.00835. The van der Waals surface area contributed by atoms with Crippen molar-refractivity contribution in [1.29, 1.82) is 0 Å². The van der Waals surface area contributed by atoms with E-state index < -0.39 is 12.2 Å². The predicted molar refractivity (Wildman–Crippen MR) is 133 cm³/mol. The quantitative estimate of drug-likeness (QED) is 0.391. The molecule has 0 aromatic carbocycles. The number of pyridine rings is 3. The van der Waals surface area contributed by atoms with Crippen LogP contribution in [0.2, 0.25) is 0 Å². The van der Waals surface area contributed by atoms with Crippen molar-refractivity contribution in [3.8, 4) is 5.88 Å². The highest BCUT2D eigenvalue weighted by Gasteiger charge is 2.32. The zero-order valence-electron chi connectivity index (χ0n) is 19.5. The number of carbonyl (C=O) groups excluding carboxylic acids is 1.